The number of hydrogen-bond acceptors (Lipinski definition) is 9. The number of anilines is 2. The van der Waals surface area contributed by atoms with E-state index >= 15 is 0 Å². The zero-order valence-electron chi connectivity index (χ0n) is 33.7. The van der Waals surface area contributed by atoms with E-state index in [1.165, 1.54) is 27.9 Å². The molecule has 1 unspecified atom stereocenters. The summed E-state index contributed by atoms with van der Waals surface area (Å²) in [6.07, 6.45) is 3.66. The van der Waals surface area contributed by atoms with Gasteiger partial charge in [-0.1, -0.05) is 48.5 Å². The lowest BCUT2D eigenvalue weighted by Gasteiger charge is -2.49. The van der Waals surface area contributed by atoms with Crippen LogP contribution in [0.4, 0.5) is 11.4 Å². The monoisotopic (exact) mass is 806 g/mol. The SMILES string of the molecule is O=C1CCC(N2Cc3cc4c(cc3C2=O)OC[C@@H]2CN(C(=O)CN3CC5(CCN(c6ccc([C@@H]7c8ccc(O)cc8CC[C@@H]7c7ccccc7)cc6)C5)C3)CCN42)C(=O)N1. The quantitative estimate of drug-likeness (QED) is 0.269. The van der Waals surface area contributed by atoms with Crippen LogP contribution in [0.25, 0.3) is 0 Å². The van der Waals surface area contributed by atoms with Crippen molar-refractivity contribution >= 4 is 35.0 Å². The Bertz CT molecular complexity index is 2400. The number of nitrogens with zero attached hydrogens (tertiary/aromatic N) is 5. The topological polar surface area (TPSA) is 126 Å². The highest BCUT2D eigenvalue weighted by atomic mass is 16.5. The fraction of sp³-hybridized carbons (Fsp3) is 0.417. The minimum atomic E-state index is -0.660. The van der Waals surface area contributed by atoms with Gasteiger partial charge in [-0.3, -0.25) is 29.4 Å². The number of phenolic OH excluding ortho intramolecular Hbond substituents is 1. The fourth-order valence-electron chi connectivity index (χ4n) is 11.5. The summed E-state index contributed by atoms with van der Waals surface area (Å²) in [7, 11) is 0. The number of nitrogens with one attached hydrogen (secondary N) is 1. The van der Waals surface area contributed by atoms with Crippen molar-refractivity contribution in [1.29, 1.82) is 0 Å². The molecular weight excluding hydrogens is 757 g/mol. The van der Waals surface area contributed by atoms with Gasteiger partial charge in [-0.15, -0.1) is 0 Å². The maximum absolute atomic E-state index is 13.7. The molecule has 4 fully saturated rings. The van der Waals surface area contributed by atoms with Crippen molar-refractivity contribution in [2.45, 2.75) is 62.6 Å². The first-order valence-electron chi connectivity index (χ1n) is 21.6. The van der Waals surface area contributed by atoms with Gasteiger partial charge in [0.1, 0.15) is 24.1 Å². The lowest BCUT2D eigenvalue weighted by Crippen LogP contribution is -2.62. The van der Waals surface area contributed by atoms with Gasteiger partial charge in [0.25, 0.3) is 5.91 Å². The predicted octanol–water partition coefficient (Wildman–Crippen LogP) is 4.64. The van der Waals surface area contributed by atoms with Gasteiger partial charge in [-0.05, 0) is 95.8 Å². The van der Waals surface area contributed by atoms with Crippen LogP contribution in [0.1, 0.15) is 75.7 Å². The molecular formula is C48H50N6O6. The van der Waals surface area contributed by atoms with Crippen molar-refractivity contribution in [3.05, 3.63) is 118 Å². The highest BCUT2D eigenvalue weighted by Crippen LogP contribution is 2.48. The van der Waals surface area contributed by atoms with E-state index in [0.717, 1.165) is 56.7 Å². The lowest BCUT2D eigenvalue weighted by molar-refractivity contribution is -0.137. The maximum Gasteiger partial charge on any atom is 0.255 e. The van der Waals surface area contributed by atoms with Gasteiger partial charge in [0.05, 0.1) is 18.3 Å². The van der Waals surface area contributed by atoms with Gasteiger partial charge in [-0.2, -0.15) is 0 Å². The second-order valence-electron chi connectivity index (χ2n) is 18.2. The Hall–Kier alpha value is -5.88. The number of imide groups is 1. The van der Waals surface area contributed by atoms with Crippen molar-refractivity contribution in [2.24, 2.45) is 5.41 Å². The molecule has 12 heteroatoms. The Morgan fingerprint density at radius 3 is 2.48 bits per heavy atom. The summed E-state index contributed by atoms with van der Waals surface area (Å²) >= 11 is 0. The van der Waals surface area contributed by atoms with Crippen molar-refractivity contribution < 1.29 is 29.0 Å². The standard InChI is InChI=1S/C48H50N6O6/c55-36-11-13-38-32(20-36)8-12-37(30-4-2-1-3-5-30)45(38)31-6-9-34(10-7-31)52-17-16-48(29-52)27-50(28-48)25-44(57)51-18-19-53-35(24-51)26-60-42-22-39-33(21-41(42)53)23-54(47(39)59)40-14-15-43(56)49-46(40)58/h1-7,9-11,13,20-22,35,37,40,45,55H,8,12,14-19,23-29H2,(H,49,56,58)/t35-,37+,40?,45-/m0/s1. The smallest absolute Gasteiger partial charge is 0.255 e. The summed E-state index contributed by atoms with van der Waals surface area (Å²) in [5.41, 5.74) is 9.01. The summed E-state index contributed by atoms with van der Waals surface area (Å²) in [6.45, 7) is 6.91. The average molecular weight is 807 g/mol. The minimum Gasteiger partial charge on any atom is -0.508 e. The van der Waals surface area contributed by atoms with Gasteiger partial charge in [0.15, 0.2) is 0 Å². The number of carbonyl (C=O) groups excluding carboxylic acids is 4. The van der Waals surface area contributed by atoms with Crippen LogP contribution in [0.2, 0.25) is 0 Å². The van der Waals surface area contributed by atoms with Crippen LogP contribution >= 0.6 is 0 Å². The molecule has 1 spiro atoms. The van der Waals surface area contributed by atoms with Crippen LogP contribution in [0.15, 0.2) is 84.9 Å². The molecule has 4 atom stereocenters. The average Bonchev–Trinajstić information content (AvgIpc) is 3.84. The number of likely N-dealkylation sites (tertiary alicyclic amines) is 1. The number of phenols is 1. The molecule has 4 amide bonds. The molecule has 0 saturated carbocycles. The number of piperidine rings is 1. The van der Waals surface area contributed by atoms with Gasteiger partial charge in [0, 0.05) is 81.4 Å². The first-order valence-corrected chi connectivity index (χ1v) is 21.6. The number of benzene rings is 4. The number of rotatable bonds is 6. The van der Waals surface area contributed by atoms with Gasteiger partial charge >= 0.3 is 0 Å². The van der Waals surface area contributed by atoms with Crippen LogP contribution in [0, 0.1) is 5.41 Å². The number of ether oxygens (including phenoxy) is 1. The molecule has 0 radical (unpaired) electrons. The summed E-state index contributed by atoms with van der Waals surface area (Å²) in [5, 5.41) is 12.6. The number of hydrogen-bond donors (Lipinski definition) is 2. The minimum absolute atomic E-state index is 0.0135. The Morgan fingerprint density at radius 1 is 0.833 bits per heavy atom. The molecule has 4 aromatic rings. The zero-order chi connectivity index (χ0) is 40.7. The molecule has 0 aromatic heterocycles. The molecule has 0 bridgehead atoms. The Labute approximate surface area is 349 Å². The van der Waals surface area contributed by atoms with Crippen molar-refractivity contribution in [3.8, 4) is 11.5 Å². The molecule has 4 saturated heterocycles. The van der Waals surface area contributed by atoms with Crippen molar-refractivity contribution in [3.63, 3.8) is 0 Å². The van der Waals surface area contributed by atoms with Gasteiger partial charge < -0.3 is 29.4 Å². The Morgan fingerprint density at radius 2 is 1.67 bits per heavy atom. The number of fused-ring (bicyclic) bond motifs is 5. The molecule has 308 valence electrons. The van der Waals surface area contributed by atoms with Crippen LogP contribution < -0.4 is 19.9 Å². The number of amides is 4. The van der Waals surface area contributed by atoms with E-state index < -0.39 is 11.9 Å². The number of piperazine rings is 1. The molecule has 4 aromatic carbocycles. The summed E-state index contributed by atoms with van der Waals surface area (Å²) in [5.74, 6) is 0.822. The second-order valence-corrected chi connectivity index (χ2v) is 18.2. The third-order valence-corrected chi connectivity index (χ3v) is 14.5. The third-order valence-electron chi connectivity index (χ3n) is 14.5. The second kappa shape index (κ2) is 14.4. The molecule has 2 N–H and O–H groups in total. The van der Waals surface area contributed by atoms with Crippen LogP contribution in [0.3, 0.4) is 0 Å². The molecule has 60 heavy (non-hydrogen) atoms. The predicted molar refractivity (Wildman–Crippen MR) is 225 cm³/mol. The fourth-order valence-corrected chi connectivity index (χ4v) is 11.5. The normalized spacial score (nSPS) is 25.6. The van der Waals surface area contributed by atoms with Gasteiger partial charge in [-0.25, -0.2) is 0 Å². The molecule has 1 aliphatic carbocycles. The molecule has 11 rings (SSSR count). The summed E-state index contributed by atoms with van der Waals surface area (Å²) in [6, 6.07) is 29.1. The van der Waals surface area contributed by atoms with Gasteiger partial charge in [0.2, 0.25) is 17.7 Å². The summed E-state index contributed by atoms with van der Waals surface area (Å²) in [4.78, 5) is 62.0. The van der Waals surface area contributed by atoms with E-state index in [0.29, 0.717) is 68.7 Å². The third kappa shape index (κ3) is 6.38. The first kappa shape index (κ1) is 37.1. The van der Waals surface area contributed by atoms with Crippen LogP contribution in [-0.4, -0.2) is 114 Å². The molecule has 6 aliphatic heterocycles. The van der Waals surface area contributed by atoms with Crippen LogP contribution in [0.5, 0.6) is 11.5 Å². The largest absolute Gasteiger partial charge is 0.508 e. The maximum atomic E-state index is 13.7. The van der Waals surface area contributed by atoms with E-state index in [9.17, 15) is 24.3 Å². The van der Waals surface area contributed by atoms with Crippen molar-refractivity contribution in [1.82, 2.24) is 20.0 Å². The number of aromatic hydroxyl groups is 1. The first-order chi connectivity index (χ1) is 29.2. The highest BCUT2D eigenvalue weighted by Gasteiger charge is 2.49. The Balaban J connectivity index is 0.697. The van der Waals surface area contributed by atoms with E-state index in [-0.39, 0.29) is 41.5 Å². The number of aryl methyl sites for hydroxylation is 1. The van der Waals surface area contributed by atoms with E-state index in [4.69, 9.17) is 4.74 Å². The summed E-state index contributed by atoms with van der Waals surface area (Å²) < 4.78 is 6.21. The van der Waals surface area contributed by atoms with Crippen molar-refractivity contribution in [2.75, 3.05) is 68.8 Å². The zero-order valence-corrected chi connectivity index (χ0v) is 33.7. The van der Waals surface area contributed by atoms with E-state index in [2.05, 4.69) is 80.7 Å². The van der Waals surface area contributed by atoms with E-state index in [1.54, 1.807) is 11.0 Å². The number of carbonyl (C=O) groups is 4. The Kier molecular flexibility index (Phi) is 8.91. The highest BCUT2D eigenvalue weighted by molar-refractivity contribution is 6.06. The molecule has 6 heterocycles. The molecule has 7 aliphatic rings. The van der Waals surface area contributed by atoms with Crippen LogP contribution in [-0.2, 0) is 27.3 Å². The lowest BCUT2D eigenvalue weighted by atomic mass is 9.69. The van der Waals surface area contributed by atoms with E-state index in [1.807, 2.05) is 23.1 Å². The molecule has 12 nitrogen and oxygen atoms in total.